The van der Waals surface area contributed by atoms with Crippen molar-refractivity contribution in [3.05, 3.63) is 161 Å². The zero-order chi connectivity index (χ0) is 32.6. The molecular formula is C38H34BBrF2N2O2. The fourth-order valence-electron chi connectivity index (χ4n) is 4.51. The maximum Gasteiger partial charge on any atom is 0.488 e. The Hall–Kier alpha value is -4.50. The van der Waals surface area contributed by atoms with E-state index in [0.717, 1.165) is 49.2 Å². The van der Waals surface area contributed by atoms with E-state index in [1.807, 2.05) is 84.9 Å². The lowest BCUT2D eigenvalue weighted by molar-refractivity contribution is 0.426. The third-order valence-electron chi connectivity index (χ3n) is 6.94. The van der Waals surface area contributed by atoms with Crippen molar-refractivity contribution < 1.29 is 18.8 Å². The first-order valence-corrected chi connectivity index (χ1v) is 15.6. The Morgan fingerprint density at radius 1 is 0.522 bits per heavy atom. The Morgan fingerprint density at radius 2 is 1.02 bits per heavy atom. The highest BCUT2D eigenvalue weighted by molar-refractivity contribution is 9.10. The number of hydrogen-bond donors (Lipinski definition) is 2. The van der Waals surface area contributed by atoms with Crippen LogP contribution in [0.15, 0.2) is 150 Å². The largest absolute Gasteiger partial charge is 0.488 e. The Labute approximate surface area is 277 Å². The summed E-state index contributed by atoms with van der Waals surface area (Å²) >= 11 is 3.43. The molecule has 2 aromatic heterocycles. The van der Waals surface area contributed by atoms with Crippen molar-refractivity contribution in [2.45, 2.75) is 12.8 Å². The number of pyridine rings is 2. The molecule has 0 saturated heterocycles. The van der Waals surface area contributed by atoms with Gasteiger partial charge in [-0.15, -0.1) is 0 Å². The molecule has 4 aromatic carbocycles. The number of rotatable bonds is 8. The molecule has 8 heteroatoms. The van der Waals surface area contributed by atoms with E-state index in [1.165, 1.54) is 0 Å². The first kappa shape index (κ1) is 34.4. The molecule has 6 rings (SSSR count). The van der Waals surface area contributed by atoms with Crippen LogP contribution in [0.3, 0.4) is 0 Å². The average molecular weight is 679 g/mol. The third kappa shape index (κ3) is 10.8. The second kappa shape index (κ2) is 18.5. The molecule has 0 bridgehead atoms. The molecular weight excluding hydrogens is 645 g/mol. The van der Waals surface area contributed by atoms with E-state index in [-0.39, 0.29) is 13.3 Å². The second-order valence-corrected chi connectivity index (χ2v) is 11.1. The molecule has 2 N–H and O–H groups in total. The monoisotopic (exact) mass is 678 g/mol. The second-order valence-electron chi connectivity index (χ2n) is 10.2. The summed E-state index contributed by atoms with van der Waals surface area (Å²) in [5.41, 5.74) is 8.80. The quantitative estimate of drug-likeness (QED) is 0.159. The highest BCUT2D eigenvalue weighted by Gasteiger charge is 2.09. The van der Waals surface area contributed by atoms with Gasteiger partial charge >= 0.3 is 7.12 Å². The number of aryl methyl sites for hydroxylation is 2. The normalized spacial score (nSPS) is 10.2. The van der Waals surface area contributed by atoms with Crippen LogP contribution < -0.4 is 5.46 Å². The lowest BCUT2D eigenvalue weighted by atomic mass is 9.80. The predicted octanol–water partition coefficient (Wildman–Crippen LogP) is 8.32. The van der Waals surface area contributed by atoms with Gasteiger partial charge in [-0.05, 0) is 70.2 Å². The summed E-state index contributed by atoms with van der Waals surface area (Å²) in [6.45, 7) is -0.699. The fourth-order valence-corrected chi connectivity index (χ4v) is 4.91. The zero-order valence-corrected chi connectivity index (χ0v) is 26.8. The van der Waals surface area contributed by atoms with Gasteiger partial charge in [0.15, 0.2) is 0 Å². The SMILES string of the molecule is Brc1cccc(-c2ccccn2)c1.FCCc1ccc(-c2cccc(-c3ccccn3)c2)cc1.OB(O)c1ccc(CCF)cc1. The lowest BCUT2D eigenvalue weighted by Crippen LogP contribution is -2.29. The Balaban J connectivity index is 0.000000166. The zero-order valence-electron chi connectivity index (χ0n) is 25.2. The van der Waals surface area contributed by atoms with E-state index in [0.29, 0.717) is 18.3 Å². The van der Waals surface area contributed by atoms with E-state index in [2.05, 4.69) is 50.2 Å². The van der Waals surface area contributed by atoms with Gasteiger partial charge in [0.05, 0.1) is 24.7 Å². The van der Waals surface area contributed by atoms with Crippen LogP contribution in [0.2, 0.25) is 0 Å². The molecule has 232 valence electrons. The number of benzene rings is 4. The lowest BCUT2D eigenvalue weighted by Gasteiger charge is -2.06. The van der Waals surface area contributed by atoms with Crippen LogP contribution in [0.5, 0.6) is 0 Å². The summed E-state index contributed by atoms with van der Waals surface area (Å²) < 4.78 is 25.3. The van der Waals surface area contributed by atoms with Crippen LogP contribution in [0.1, 0.15) is 11.1 Å². The summed E-state index contributed by atoms with van der Waals surface area (Å²) in [7, 11) is -1.44. The van der Waals surface area contributed by atoms with Gasteiger partial charge in [-0.3, -0.25) is 18.7 Å². The molecule has 0 radical (unpaired) electrons. The minimum atomic E-state index is -1.44. The first-order valence-electron chi connectivity index (χ1n) is 14.8. The van der Waals surface area contributed by atoms with Crippen LogP contribution >= 0.6 is 15.9 Å². The van der Waals surface area contributed by atoms with E-state index >= 15 is 0 Å². The molecule has 0 aliphatic heterocycles. The van der Waals surface area contributed by atoms with Crippen molar-refractivity contribution in [2.24, 2.45) is 0 Å². The molecule has 0 aliphatic rings. The van der Waals surface area contributed by atoms with Gasteiger partial charge < -0.3 is 10.0 Å². The molecule has 0 aliphatic carbocycles. The number of hydrogen-bond acceptors (Lipinski definition) is 4. The number of halogens is 3. The third-order valence-corrected chi connectivity index (χ3v) is 7.43. The highest BCUT2D eigenvalue weighted by Crippen LogP contribution is 2.25. The fraction of sp³-hybridized carbons (Fsp3) is 0.105. The van der Waals surface area contributed by atoms with E-state index in [1.54, 1.807) is 36.7 Å². The van der Waals surface area contributed by atoms with Gasteiger partial charge in [0.25, 0.3) is 0 Å². The first-order chi connectivity index (χ1) is 22.5. The number of nitrogens with zero attached hydrogens (tertiary/aromatic N) is 2. The predicted molar refractivity (Wildman–Crippen MR) is 188 cm³/mol. The van der Waals surface area contributed by atoms with Gasteiger partial charge in [0.1, 0.15) is 0 Å². The topological polar surface area (TPSA) is 66.2 Å². The molecule has 0 spiro atoms. The van der Waals surface area contributed by atoms with Crippen molar-refractivity contribution in [2.75, 3.05) is 13.3 Å². The van der Waals surface area contributed by atoms with Crippen LogP contribution in [0, 0.1) is 0 Å². The summed E-state index contributed by atoms with van der Waals surface area (Å²) in [5, 5.41) is 17.5. The molecule has 46 heavy (non-hydrogen) atoms. The molecule has 0 atom stereocenters. The summed E-state index contributed by atoms with van der Waals surface area (Å²) in [6.07, 6.45) is 4.46. The van der Waals surface area contributed by atoms with Gasteiger partial charge in [0, 0.05) is 40.8 Å². The van der Waals surface area contributed by atoms with Crippen LogP contribution in [-0.4, -0.2) is 40.5 Å². The van der Waals surface area contributed by atoms with Crippen LogP contribution in [0.25, 0.3) is 33.6 Å². The molecule has 0 saturated carbocycles. The number of alkyl halides is 2. The van der Waals surface area contributed by atoms with Gasteiger partial charge in [-0.2, -0.15) is 0 Å². The summed E-state index contributed by atoms with van der Waals surface area (Å²) in [4.78, 5) is 8.65. The van der Waals surface area contributed by atoms with Gasteiger partial charge in [-0.1, -0.05) is 107 Å². The van der Waals surface area contributed by atoms with E-state index in [9.17, 15) is 8.78 Å². The maximum absolute atomic E-state index is 12.3. The molecule has 2 heterocycles. The minimum absolute atomic E-state index is 0.311. The highest BCUT2D eigenvalue weighted by atomic mass is 79.9. The van der Waals surface area contributed by atoms with Crippen molar-refractivity contribution >= 4 is 28.5 Å². The van der Waals surface area contributed by atoms with Gasteiger partial charge in [0.2, 0.25) is 0 Å². The maximum atomic E-state index is 12.3. The molecule has 0 fully saturated rings. The van der Waals surface area contributed by atoms with Crippen molar-refractivity contribution in [3.8, 4) is 33.6 Å². The molecule has 0 unspecified atom stereocenters. The van der Waals surface area contributed by atoms with Crippen LogP contribution in [-0.2, 0) is 12.8 Å². The Bertz CT molecular complexity index is 1740. The van der Waals surface area contributed by atoms with Crippen LogP contribution in [0.4, 0.5) is 8.78 Å². The standard InChI is InChI=1S/C19H16FN.C11H8BrN.C8H10BFO2/c20-12-11-15-7-9-16(10-8-15)17-4-3-5-18(14-17)19-6-1-2-13-21-19;12-10-5-3-4-9(8-10)11-6-1-2-7-13-11;10-6-5-7-1-3-8(4-2-7)9(11)12/h1-10,13-14H,11-12H2;1-8H;1-4,11-12H,5-6H2. The molecule has 4 nitrogen and oxygen atoms in total. The Morgan fingerprint density at radius 3 is 1.50 bits per heavy atom. The Kier molecular flexibility index (Phi) is 13.8. The van der Waals surface area contributed by atoms with Crippen molar-refractivity contribution in [1.29, 1.82) is 0 Å². The van der Waals surface area contributed by atoms with E-state index in [4.69, 9.17) is 10.0 Å². The van der Waals surface area contributed by atoms with Crippen molar-refractivity contribution in [1.82, 2.24) is 9.97 Å². The molecule has 6 aromatic rings. The number of aromatic nitrogens is 2. The van der Waals surface area contributed by atoms with E-state index < -0.39 is 7.12 Å². The average Bonchev–Trinajstić information content (AvgIpc) is 3.11. The smallest absolute Gasteiger partial charge is 0.423 e. The van der Waals surface area contributed by atoms with Gasteiger partial charge in [-0.25, -0.2) is 0 Å². The minimum Gasteiger partial charge on any atom is -0.423 e. The molecule has 0 amide bonds. The van der Waals surface area contributed by atoms with Crippen molar-refractivity contribution in [3.63, 3.8) is 0 Å². The summed E-state index contributed by atoms with van der Waals surface area (Å²) in [6, 6.07) is 42.8. The summed E-state index contributed by atoms with van der Waals surface area (Å²) in [5.74, 6) is 0.